The van der Waals surface area contributed by atoms with E-state index in [4.69, 9.17) is 0 Å². The maximum absolute atomic E-state index is 3.79. The topological polar surface area (TPSA) is 12.0 Å². The maximum atomic E-state index is 3.79. The standard InChI is InChI=1S/C22H35NSi/c1-5-6-7-9-13-19-14-12-17-21(19)24(18-23-22(2,3)4)20-15-10-8-11-16-20/h8,10-12,14-16,23-24H,5-7,9,13,17-18H2,1-4H3. The minimum atomic E-state index is -1.16. The summed E-state index contributed by atoms with van der Waals surface area (Å²) in [6.07, 6.45) is 13.8. The van der Waals surface area contributed by atoms with E-state index < -0.39 is 8.80 Å². The zero-order valence-corrected chi connectivity index (χ0v) is 17.2. The van der Waals surface area contributed by atoms with E-state index >= 15 is 0 Å². The molecule has 0 saturated heterocycles. The molecule has 1 aliphatic carbocycles. The van der Waals surface area contributed by atoms with E-state index in [0.717, 1.165) is 6.17 Å². The second-order valence-electron chi connectivity index (χ2n) is 8.06. The molecule has 0 aromatic heterocycles. The molecule has 1 nitrogen and oxygen atoms in total. The summed E-state index contributed by atoms with van der Waals surface area (Å²) in [5, 5.41) is 7.15. The molecule has 1 aromatic carbocycles. The van der Waals surface area contributed by atoms with Crippen LogP contribution < -0.4 is 10.5 Å². The quantitative estimate of drug-likeness (QED) is 0.502. The molecule has 0 spiro atoms. The number of allylic oxidation sites excluding steroid dienone is 4. The average Bonchev–Trinajstić information content (AvgIpc) is 3.00. The van der Waals surface area contributed by atoms with Gasteiger partial charge in [0.2, 0.25) is 0 Å². The Morgan fingerprint density at radius 2 is 1.79 bits per heavy atom. The summed E-state index contributed by atoms with van der Waals surface area (Å²) in [5.41, 5.74) is 1.84. The predicted octanol–water partition coefficient (Wildman–Crippen LogP) is 4.81. The fourth-order valence-corrected chi connectivity index (χ4v) is 6.95. The minimum Gasteiger partial charge on any atom is -0.314 e. The maximum Gasteiger partial charge on any atom is 0.112 e. The van der Waals surface area contributed by atoms with Crippen LogP contribution in [0.25, 0.3) is 0 Å². The summed E-state index contributed by atoms with van der Waals surface area (Å²) in [4.78, 5) is 0. The van der Waals surface area contributed by atoms with Gasteiger partial charge >= 0.3 is 0 Å². The highest BCUT2D eigenvalue weighted by Crippen LogP contribution is 2.26. The summed E-state index contributed by atoms with van der Waals surface area (Å²) in [6.45, 7) is 9.11. The molecule has 132 valence electrons. The Morgan fingerprint density at radius 1 is 1.04 bits per heavy atom. The molecule has 0 heterocycles. The van der Waals surface area contributed by atoms with Gasteiger partial charge in [-0.3, -0.25) is 0 Å². The molecule has 1 atom stereocenters. The molecule has 0 radical (unpaired) electrons. The van der Waals surface area contributed by atoms with Crippen LogP contribution in [0.5, 0.6) is 0 Å². The number of nitrogens with one attached hydrogen (secondary N) is 1. The van der Waals surface area contributed by atoms with E-state index in [2.05, 4.69) is 75.5 Å². The van der Waals surface area contributed by atoms with Crippen molar-refractivity contribution in [3.8, 4) is 0 Å². The van der Waals surface area contributed by atoms with Gasteiger partial charge in [-0.05, 0) is 46.2 Å². The second-order valence-corrected chi connectivity index (χ2v) is 10.9. The van der Waals surface area contributed by atoms with Crippen LogP contribution in [0.15, 0.2) is 53.3 Å². The van der Waals surface area contributed by atoms with Crippen molar-refractivity contribution in [2.24, 2.45) is 0 Å². The predicted molar refractivity (Wildman–Crippen MR) is 111 cm³/mol. The molecule has 2 heteroatoms. The first-order valence-electron chi connectivity index (χ1n) is 9.69. The summed E-state index contributed by atoms with van der Waals surface area (Å²) < 4.78 is 0. The SMILES string of the molecule is CCCCCCC1=C([SiH](CNC(C)(C)C)c2ccccc2)CC=C1. The Hall–Kier alpha value is -1.12. The Labute approximate surface area is 150 Å². The fraction of sp³-hybridized carbons (Fsp3) is 0.545. The first-order valence-corrected chi connectivity index (χ1v) is 11.7. The average molecular weight is 342 g/mol. The number of benzene rings is 1. The summed E-state index contributed by atoms with van der Waals surface area (Å²) in [6, 6.07) is 11.2. The van der Waals surface area contributed by atoms with Gasteiger partial charge < -0.3 is 5.32 Å². The van der Waals surface area contributed by atoms with Gasteiger partial charge in [0.15, 0.2) is 0 Å². The smallest absolute Gasteiger partial charge is 0.112 e. The molecular weight excluding hydrogens is 306 g/mol. The van der Waals surface area contributed by atoms with E-state index in [-0.39, 0.29) is 5.54 Å². The van der Waals surface area contributed by atoms with Gasteiger partial charge in [-0.1, -0.05) is 84.6 Å². The third-order valence-corrected chi connectivity index (χ3v) is 8.08. The van der Waals surface area contributed by atoms with E-state index in [1.54, 1.807) is 16.0 Å². The van der Waals surface area contributed by atoms with Crippen LogP contribution in [0.3, 0.4) is 0 Å². The fourth-order valence-electron chi connectivity index (χ4n) is 3.45. The highest BCUT2D eigenvalue weighted by atomic mass is 28.3. The van der Waals surface area contributed by atoms with Crippen molar-refractivity contribution >= 4 is 14.0 Å². The molecule has 1 unspecified atom stereocenters. The molecule has 0 bridgehead atoms. The van der Waals surface area contributed by atoms with Crippen LogP contribution in [0, 0.1) is 0 Å². The number of rotatable bonds is 9. The molecule has 1 aromatic rings. The van der Waals surface area contributed by atoms with Crippen molar-refractivity contribution in [3.63, 3.8) is 0 Å². The van der Waals surface area contributed by atoms with Crippen LogP contribution in [0.1, 0.15) is 66.2 Å². The Balaban J connectivity index is 2.15. The van der Waals surface area contributed by atoms with E-state index in [1.165, 1.54) is 38.5 Å². The normalized spacial score (nSPS) is 16.0. The number of unbranched alkanes of at least 4 members (excludes halogenated alkanes) is 3. The van der Waals surface area contributed by atoms with Crippen molar-refractivity contribution in [1.29, 1.82) is 0 Å². The highest BCUT2D eigenvalue weighted by Gasteiger charge is 2.24. The molecule has 1 N–H and O–H groups in total. The van der Waals surface area contributed by atoms with Gasteiger partial charge in [0.05, 0.1) is 0 Å². The lowest BCUT2D eigenvalue weighted by Gasteiger charge is -2.26. The molecule has 0 amide bonds. The lowest BCUT2D eigenvalue weighted by Crippen LogP contribution is -2.48. The van der Waals surface area contributed by atoms with Crippen LogP contribution in [0.2, 0.25) is 0 Å². The van der Waals surface area contributed by atoms with Crippen molar-refractivity contribution in [1.82, 2.24) is 5.32 Å². The van der Waals surface area contributed by atoms with Gasteiger partial charge in [-0.2, -0.15) is 0 Å². The van der Waals surface area contributed by atoms with Gasteiger partial charge in [0.25, 0.3) is 0 Å². The largest absolute Gasteiger partial charge is 0.314 e. The summed E-state index contributed by atoms with van der Waals surface area (Å²) in [5.74, 6) is 0. The zero-order valence-electron chi connectivity index (χ0n) is 16.1. The van der Waals surface area contributed by atoms with Gasteiger partial charge in [0, 0.05) is 5.54 Å². The third kappa shape index (κ3) is 6.07. The minimum absolute atomic E-state index is 0.188. The van der Waals surface area contributed by atoms with Crippen molar-refractivity contribution in [2.45, 2.75) is 71.8 Å². The van der Waals surface area contributed by atoms with Crippen LogP contribution in [0.4, 0.5) is 0 Å². The van der Waals surface area contributed by atoms with Crippen LogP contribution in [-0.2, 0) is 0 Å². The Bertz CT molecular complexity index is 551. The summed E-state index contributed by atoms with van der Waals surface area (Å²) >= 11 is 0. The Kier molecular flexibility index (Phi) is 7.51. The molecule has 0 fully saturated rings. The number of hydrogen-bond acceptors (Lipinski definition) is 1. The van der Waals surface area contributed by atoms with Crippen molar-refractivity contribution in [2.75, 3.05) is 6.17 Å². The Morgan fingerprint density at radius 3 is 2.46 bits per heavy atom. The highest BCUT2D eigenvalue weighted by molar-refractivity contribution is 6.80. The van der Waals surface area contributed by atoms with Gasteiger partial charge in [0.1, 0.15) is 8.80 Å². The second kappa shape index (κ2) is 9.38. The molecule has 0 aliphatic heterocycles. The van der Waals surface area contributed by atoms with E-state index in [0.29, 0.717) is 0 Å². The first kappa shape index (κ1) is 19.2. The molecule has 2 rings (SSSR count). The van der Waals surface area contributed by atoms with Crippen LogP contribution in [-0.4, -0.2) is 20.5 Å². The monoisotopic (exact) mass is 341 g/mol. The number of hydrogen-bond donors (Lipinski definition) is 1. The molecular formula is C22H35NSi. The first-order chi connectivity index (χ1) is 11.5. The lowest BCUT2D eigenvalue weighted by atomic mass is 10.1. The summed E-state index contributed by atoms with van der Waals surface area (Å²) in [7, 11) is -1.16. The van der Waals surface area contributed by atoms with Crippen molar-refractivity contribution < 1.29 is 0 Å². The van der Waals surface area contributed by atoms with Gasteiger partial charge in [-0.15, -0.1) is 0 Å². The third-order valence-electron chi connectivity index (χ3n) is 4.83. The zero-order chi connectivity index (χ0) is 17.4. The van der Waals surface area contributed by atoms with E-state index in [1.807, 2.05) is 0 Å². The van der Waals surface area contributed by atoms with Crippen LogP contribution >= 0.6 is 0 Å². The lowest BCUT2D eigenvalue weighted by molar-refractivity contribution is 0.457. The van der Waals surface area contributed by atoms with Gasteiger partial charge in [-0.25, -0.2) is 0 Å². The van der Waals surface area contributed by atoms with Crippen molar-refractivity contribution in [3.05, 3.63) is 53.3 Å². The van der Waals surface area contributed by atoms with E-state index in [9.17, 15) is 0 Å². The molecule has 0 saturated carbocycles. The molecule has 24 heavy (non-hydrogen) atoms. The molecule has 1 aliphatic rings.